The predicted molar refractivity (Wildman–Crippen MR) is 92.1 cm³/mol. The van der Waals surface area contributed by atoms with Crippen molar-refractivity contribution in [3.8, 4) is 0 Å². The first-order valence-corrected chi connectivity index (χ1v) is 8.29. The molecule has 1 fully saturated rings. The summed E-state index contributed by atoms with van der Waals surface area (Å²) in [7, 11) is 2.10. The maximum absolute atomic E-state index is 4.83. The highest BCUT2D eigenvalue weighted by atomic mass is 15.2. The van der Waals surface area contributed by atoms with E-state index in [1.165, 1.54) is 24.1 Å². The van der Waals surface area contributed by atoms with Gasteiger partial charge in [-0.25, -0.2) is 4.98 Å². The number of pyridine rings is 1. The van der Waals surface area contributed by atoms with Crippen molar-refractivity contribution >= 4 is 10.9 Å². The summed E-state index contributed by atoms with van der Waals surface area (Å²) in [5.74, 6) is 1.18. The van der Waals surface area contributed by atoms with Crippen LogP contribution in [0.1, 0.15) is 36.1 Å². The third-order valence-corrected chi connectivity index (χ3v) is 4.72. The number of rotatable bonds is 3. The number of hydrogen-bond acceptors (Lipinski definition) is 3. The number of hydrogen-bond donors (Lipinski definition) is 0. The Labute approximate surface area is 136 Å². The highest BCUT2D eigenvalue weighted by Crippen LogP contribution is 2.32. The van der Waals surface area contributed by atoms with Crippen molar-refractivity contribution in [2.24, 2.45) is 7.05 Å². The van der Waals surface area contributed by atoms with E-state index in [1.807, 2.05) is 0 Å². The number of aryl methyl sites for hydroxylation is 2. The molecule has 1 saturated heterocycles. The summed E-state index contributed by atoms with van der Waals surface area (Å²) < 4.78 is 2.17. The number of nitrogens with zero attached hydrogens (tertiary/aromatic N) is 4. The molecule has 1 atom stereocenters. The fourth-order valence-electron chi connectivity index (χ4n) is 3.66. The molecule has 3 heterocycles. The van der Waals surface area contributed by atoms with Gasteiger partial charge in [-0.15, -0.1) is 0 Å². The average Bonchev–Trinajstić information content (AvgIpc) is 3.13. The molecule has 3 aromatic rings. The average molecular weight is 306 g/mol. The van der Waals surface area contributed by atoms with E-state index in [1.54, 1.807) is 0 Å². The zero-order chi connectivity index (χ0) is 15.8. The van der Waals surface area contributed by atoms with Crippen LogP contribution in [0, 0.1) is 6.92 Å². The van der Waals surface area contributed by atoms with Crippen molar-refractivity contribution in [1.29, 1.82) is 0 Å². The van der Waals surface area contributed by atoms with Gasteiger partial charge < -0.3 is 4.57 Å². The quantitative estimate of drug-likeness (QED) is 0.741. The molecule has 0 radical (unpaired) electrons. The summed E-state index contributed by atoms with van der Waals surface area (Å²) in [5, 5.41) is 1.20. The van der Waals surface area contributed by atoms with Crippen LogP contribution in [0.4, 0.5) is 0 Å². The minimum Gasteiger partial charge on any atom is -0.336 e. The third kappa shape index (κ3) is 2.75. The van der Waals surface area contributed by atoms with Gasteiger partial charge in [0.15, 0.2) is 0 Å². The normalized spacial score (nSPS) is 18.8. The fraction of sp³-hybridized carbons (Fsp3) is 0.368. The molecular weight excluding hydrogens is 284 g/mol. The highest BCUT2D eigenvalue weighted by molar-refractivity contribution is 5.78. The summed E-state index contributed by atoms with van der Waals surface area (Å²) in [6.07, 6.45) is 4.52. The molecule has 4 rings (SSSR count). The van der Waals surface area contributed by atoms with Gasteiger partial charge in [0.05, 0.1) is 22.9 Å². The Bertz CT molecular complexity index is 836. The van der Waals surface area contributed by atoms with Crippen LogP contribution < -0.4 is 0 Å². The molecule has 0 spiro atoms. The van der Waals surface area contributed by atoms with Crippen LogP contribution in [-0.2, 0) is 13.6 Å². The van der Waals surface area contributed by atoms with Gasteiger partial charge in [-0.2, -0.15) is 0 Å². The smallest absolute Gasteiger partial charge is 0.126 e. The molecule has 0 bridgehead atoms. The molecule has 1 aliphatic heterocycles. The molecule has 118 valence electrons. The third-order valence-electron chi connectivity index (χ3n) is 4.72. The topological polar surface area (TPSA) is 34.0 Å². The molecule has 0 saturated carbocycles. The molecular formula is C19H22N4. The Morgan fingerprint density at radius 2 is 2.00 bits per heavy atom. The van der Waals surface area contributed by atoms with Crippen LogP contribution in [0.3, 0.4) is 0 Å². The van der Waals surface area contributed by atoms with Crippen LogP contribution in [0.15, 0.2) is 42.6 Å². The lowest BCUT2D eigenvalue weighted by Crippen LogP contribution is -2.25. The van der Waals surface area contributed by atoms with E-state index in [9.17, 15) is 0 Å². The van der Waals surface area contributed by atoms with Crippen molar-refractivity contribution < 1.29 is 0 Å². The minimum absolute atomic E-state index is 0.405. The van der Waals surface area contributed by atoms with Crippen LogP contribution >= 0.6 is 0 Å². The molecule has 1 aliphatic rings. The van der Waals surface area contributed by atoms with Crippen LogP contribution in [0.5, 0.6) is 0 Å². The van der Waals surface area contributed by atoms with E-state index < -0.39 is 0 Å². The van der Waals surface area contributed by atoms with Crippen molar-refractivity contribution in [3.63, 3.8) is 0 Å². The standard InChI is InChI=1S/C19H22N4/c1-14-12-22(2)19(20-14)18-8-5-11-23(18)13-16-10-9-15-6-3-4-7-17(15)21-16/h3-4,6-7,9-10,12,18H,5,8,11,13H2,1-2H3. The first kappa shape index (κ1) is 14.4. The maximum atomic E-state index is 4.83. The summed E-state index contributed by atoms with van der Waals surface area (Å²) in [4.78, 5) is 12.1. The van der Waals surface area contributed by atoms with Gasteiger partial charge in [-0.05, 0) is 38.4 Å². The van der Waals surface area contributed by atoms with Gasteiger partial charge in [-0.3, -0.25) is 9.88 Å². The van der Waals surface area contributed by atoms with Gasteiger partial charge in [-0.1, -0.05) is 24.3 Å². The molecule has 2 aromatic heterocycles. The largest absolute Gasteiger partial charge is 0.336 e. The van der Waals surface area contributed by atoms with Gasteiger partial charge >= 0.3 is 0 Å². The summed E-state index contributed by atoms with van der Waals surface area (Å²) in [6, 6.07) is 13.0. The van der Waals surface area contributed by atoms with Crippen molar-refractivity contribution in [3.05, 3.63) is 59.8 Å². The predicted octanol–water partition coefficient (Wildman–Crippen LogP) is 3.61. The number of likely N-dealkylation sites (tertiary alicyclic amines) is 1. The van der Waals surface area contributed by atoms with Gasteiger partial charge in [0.2, 0.25) is 0 Å². The van der Waals surface area contributed by atoms with Crippen LogP contribution in [-0.4, -0.2) is 26.0 Å². The van der Waals surface area contributed by atoms with E-state index in [0.717, 1.165) is 30.0 Å². The second-order valence-electron chi connectivity index (χ2n) is 6.48. The van der Waals surface area contributed by atoms with E-state index >= 15 is 0 Å². The van der Waals surface area contributed by atoms with Gasteiger partial charge in [0, 0.05) is 25.2 Å². The Hall–Kier alpha value is -2.20. The number of fused-ring (bicyclic) bond motifs is 1. The molecule has 4 nitrogen and oxygen atoms in total. The van der Waals surface area contributed by atoms with Crippen molar-refractivity contribution in [2.45, 2.75) is 32.4 Å². The monoisotopic (exact) mass is 306 g/mol. The van der Waals surface area contributed by atoms with Crippen LogP contribution in [0.25, 0.3) is 10.9 Å². The zero-order valence-corrected chi connectivity index (χ0v) is 13.7. The Balaban J connectivity index is 1.60. The zero-order valence-electron chi connectivity index (χ0n) is 13.7. The lowest BCUT2D eigenvalue weighted by Gasteiger charge is -2.23. The minimum atomic E-state index is 0.405. The Kier molecular flexibility index (Phi) is 3.62. The first-order chi connectivity index (χ1) is 11.2. The first-order valence-electron chi connectivity index (χ1n) is 8.29. The van der Waals surface area contributed by atoms with Crippen molar-refractivity contribution in [2.75, 3.05) is 6.54 Å². The molecule has 0 amide bonds. The van der Waals surface area contributed by atoms with E-state index in [4.69, 9.17) is 9.97 Å². The lowest BCUT2D eigenvalue weighted by atomic mass is 10.2. The molecule has 1 unspecified atom stereocenters. The molecule has 1 aromatic carbocycles. The van der Waals surface area contributed by atoms with Gasteiger partial charge in [0.1, 0.15) is 5.82 Å². The number of aromatic nitrogens is 3. The van der Waals surface area contributed by atoms with Crippen molar-refractivity contribution in [1.82, 2.24) is 19.4 Å². The molecule has 0 N–H and O–H groups in total. The Morgan fingerprint density at radius 1 is 1.13 bits per heavy atom. The van der Waals surface area contributed by atoms with E-state index in [2.05, 4.69) is 66.0 Å². The maximum Gasteiger partial charge on any atom is 0.126 e. The van der Waals surface area contributed by atoms with Crippen LogP contribution in [0.2, 0.25) is 0 Å². The summed E-state index contributed by atoms with van der Waals surface area (Å²) in [5.41, 5.74) is 3.31. The summed E-state index contributed by atoms with van der Waals surface area (Å²) >= 11 is 0. The molecule has 0 aliphatic carbocycles. The number of benzene rings is 1. The second kappa shape index (κ2) is 5.78. The van der Waals surface area contributed by atoms with E-state index in [0.29, 0.717) is 6.04 Å². The van der Waals surface area contributed by atoms with Gasteiger partial charge in [0.25, 0.3) is 0 Å². The fourth-order valence-corrected chi connectivity index (χ4v) is 3.66. The van der Waals surface area contributed by atoms with E-state index in [-0.39, 0.29) is 0 Å². The highest BCUT2D eigenvalue weighted by Gasteiger charge is 2.29. The second-order valence-corrected chi connectivity index (χ2v) is 6.48. The summed E-state index contributed by atoms with van der Waals surface area (Å²) in [6.45, 7) is 4.07. The lowest BCUT2D eigenvalue weighted by molar-refractivity contribution is 0.234. The molecule has 4 heteroatoms. The Morgan fingerprint density at radius 3 is 2.83 bits per heavy atom. The number of imidazole rings is 1. The number of para-hydroxylation sites is 1. The SMILES string of the molecule is Cc1cn(C)c(C2CCCN2Cc2ccc3ccccc3n2)n1. The molecule has 23 heavy (non-hydrogen) atoms.